The van der Waals surface area contributed by atoms with E-state index in [0.29, 0.717) is 0 Å². The van der Waals surface area contributed by atoms with E-state index in [1.54, 1.807) is 0 Å². The Balaban J connectivity index is 2.25. The molecular weight excluding hydrogens is 392 g/mol. The maximum Gasteiger partial charge on any atom is 0.0542 e. The van der Waals surface area contributed by atoms with Crippen molar-refractivity contribution in [1.29, 1.82) is 0 Å². The summed E-state index contributed by atoms with van der Waals surface area (Å²) in [4.78, 5) is 0. The summed E-state index contributed by atoms with van der Waals surface area (Å²) in [5.74, 6) is 0. The van der Waals surface area contributed by atoms with Gasteiger partial charge in [0.25, 0.3) is 0 Å². The first-order valence-corrected chi connectivity index (χ1v) is 7.81. The second kappa shape index (κ2) is 6.93. The highest BCUT2D eigenvalue weighted by atomic mass is 127. The fourth-order valence-electron chi connectivity index (χ4n) is 2.00. The summed E-state index contributed by atoms with van der Waals surface area (Å²) in [5.41, 5.74) is 2.31. The Morgan fingerprint density at radius 1 is 1.11 bits per heavy atom. The average Bonchev–Trinajstić information content (AvgIpc) is 2.41. The van der Waals surface area contributed by atoms with Crippen molar-refractivity contribution in [2.24, 2.45) is 0 Å². The summed E-state index contributed by atoms with van der Waals surface area (Å²) in [6.07, 6.45) is 0.840. The summed E-state index contributed by atoms with van der Waals surface area (Å²) in [6, 6.07) is 14.3. The molecule has 4 heteroatoms. The molecule has 1 nitrogen and oxygen atoms in total. The minimum atomic E-state index is 0.203. The molecule has 2 aromatic rings. The highest BCUT2D eigenvalue weighted by Gasteiger charge is 2.13. The van der Waals surface area contributed by atoms with Gasteiger partial charge in [0, 0.05) is 14.6 Å². The normalized spacial score (nSPS) is 12.4. The lowest BCUT2D eigenvalue weighted by Gasteiger charge is -2.18. The van der Waals surface area contributed by atoms with Crippen molar-refractivity contribution in [3.05, 3.63) is 67.2 Å². The third-order valence-electron chi connectivity index (χ3n) is 3.08. The zero-order chi connectivity index (χ0) is 13.8. The molecule has 0 spiro atoms. The smallest absolute Gasteiger partial charge is 0.0542 e. The van der Waals surface area contributed by atoms with E-state index < -0.39 is 0 Å². The predicted molar refractivity (Wildman–Crippen MR) is 91.1 cm³/mol. The largest absolute Gasteiger partial charge is 0.313 e. The summed E-state index contributed by atoms with van der Waals surface area (Å²) in [6.45, 7) is 0. The lowest BCUT2D eigenvalue weighted by atomic mass is 9.99. The Morgan fingerprint density at radius 3 is 2.47 bits per heavy atom. The molecule has 0 radical (unpaired) electrons. The van der Waals surface area contributed by atoms with Crippen molar-refractivity contribution >= 4 is 45.8 Å². The second-order valence-electron chi connectivity index (χ2n) is 4.31. The fraction of sp³-hybridized carbons (Fsp3) is 0.200. The second-order valence-corrected chi connectivity index (χ2v) is 6.29. The van der Waals surface area contributed by atoms with Crippen LogP contribution in [0.2, 0.25) is 10.0 Å². The van der Waals surface area contributed by atoms with E-state index in [1.165, 1.54) is 5.56 Å². The molecule has 2 aromatic carbocycles. The van der Waals surface area contributed by atoms with E-state index >= 15 is 0 Å². The molecule has 0 fully saturated rings. The molecular formula is C15H14Cl2IN. The minimum absolute atomic E-state index is 0.203. The van der Waals surface area contributed by atoms with Crippen LogP contribution in [0.5, 0.6) is 0 Å². The van der Waals surface area contributed by atoms with Crippen LogP contribution in [0.3, 0.4) is 0 Å². The van der Waals surface area contributed by atoms with Crippen molar-refractivity contribution in [3.63, 3.8) is 0 Å². The maximum absolute atomic E-state index is 6.21. The predicted octanol–water partition coefficient (Wildman–Crippen LogP) is 5.10. The lowest BCUT2D eigenvalue weighted by molar-refractivity contribution is 0.592. The standard InChI is InChI=1S/C15H14Cl2IN/c1-19-15(9-10-4-2-3-5-12(10)16)11-6-7-14(18)13(17)8-11/h2-8,15,19H,9H2,1H3. The minimum Gasteiger partial charge on any atom is -0.313 e. The number of benzene rings is 2. The van der Waals surface area contributed by atoms with Gasteiger partial charge in [-0.2, -0.15) is 0 Å². The monoisotopic (exact) mass is 405 g/mol. The van der Waals surface area contributed by atoms with Gasteiger partial charge in [-0.1, -0.05) is 47.5 Å². The molecule has 0 aliphatic heterocycles. The molecule has 0 heterocycles. The molecule has 1 N–H and O–H groups in total. The molecule has 0 saturated carbocycles. The van der Waals surface area contributed by atoms with E-state index in [4.69, 9.17) is 23.2 Å². The Kier molecular flexibility index (Phi) is 5.51. The summed E-state index contributed by atoms with van der Waals surface area (Å²) in [5, 5.41) is 4.92. The molecule has 2 rings (SSSR count). The number of nitrogens with one attached hydrogen (secondary N) is 1. The first-order valence-electron chi connectivity index (χ1n) is 5.97. The Morgan fingerprint density at radius 2 is 1.84 bits per heavy atom. The number of halogens is 3. The maximum atomic E-state index is 6.21. The third kappa shape index (κ3) is 3.85. The van der Waals surface area contributed by atoms with Gasteiger partial charge in [0.15, 0.2) is 0 Å². The third-order valence-corrected chi connectivity index (χ3v) is 5.02. The van der Waals surface area contributed by atoms with Gasteiger partial charge in [-0.15, -0.1) is 0 Å². The van der Waals surface area contributed by atoms with E-state index in [9.17, 15) is 0 Å². The molecule has 0 aromatic heterocycles. The van der Waals surface area contributed by atoms with Gasteiger partial charge in [0.1, 0.15) is 0 Å². The average molecular weight is 406 g/mol. The summed E-state index contributed by atoms with van der Waals surface area (Å²) >= 11 is 14.6. The number of likely N-dealkylation sites (N-methyl/N-ethyl adjacent to an activating group) is 1. The molecule has 0 saturated heterocycles. The lowest BCUT2D eigenvalue weighted by Crippen LogP contribution is -2.19. The first-order chi connectivity index (χ1) is 9.11. The number of hydrogen-bond acceptors (Lipinski definition) is 1. The molecule has 19 heavy (non-hydrogen) atoms. The van der Waals surface area contributed by atoms with Crippen LogP contribution in [0.25, 0.3) is 0 Å². The van der Waals surface area contributed by atoms with Crippen molar-refractivity contribution in [1.82, 2.24) is 5.32 Å². The molecule has 1 unspecified atom stereocenters. The Bertz CT molecular complexity index is 572. The van der Waals surface area contributed by atoms with Crippen LogP contribution < -0.4 is 5.32 Å². The van der Waals surface area contributed by atoms with Gasteiger partial charge in [-0.25, -0.2) is 0 Å². The van der Waals surface area contributed by atoms with Gasteiger partial charge in [-0.3, -0.25) is 0 Å². The summed E-state index contributed by atoms with van der Waals surface area (Å²) in [7, 11) is 1.95. The Hall–Kier alpha value is -0.290. The highest BCUT2D eigenvalue weighted by molar-refractivity contribution is 14.1. The highest BCUT2D eigenvalue weighted by Crippen LogP contribution is 2.27. The van der Waals surface area contributed by atoms with E-state index in [-0.39, 0.29) is 6.04 Å². The van der Waals surface area contributed by atoms with Crippen LogP contribution >= 0.6 is 45.8 Å². The van der Waals surface area contributed by atoms with E-state index in [1.807, 2.05) is 37.4 Å². The van der Waals surface area contributed by atoms with Crippen molar-refractivity contribution in [2.45, 2.75) is 12.5 Å². The first kappa shape index (κ1) is 15.1. The van der Waals surface area contributed by atoms with E-state index in [0.717, 1.165) is 25.6 Å². The number of hydrogen-bond donors (Lipinski definition) is 1. The van der Waals surface area contributed by atoms with Gasteiger partial charge in [-0.05, 0) is 65.4 Å². The van der Waals surface area contributed by atoms with Crippen LogP contribution in [0, 0.1) is 3.57 Å². The molecule has 0 amide bonds. The van der Waals surface area contributed by atoms with Crippen LogP contribution in [-0.2, 0) is 6.42 Å². The van der Waals surface area contributed by atoms with Crippen LogP contribution in [0.1, 0.15) is 17.2 Å². The van der Waals surface area contributed by atoms with Crippen molar-refractivity contribution in [3.8, 4) is 0 Å². The van der Waals surface area contributed by atoms with E-state index in [2.05, 4.69) is 40.0 Å². The fourth-order valence-corrected chi connectivity index (χ4v) is 2.74. The molecule has 100 valence electrons. The van der Waals surface area contributed by atoms with Crippen LogP contribution in [0.15, 0.2) is 42.5 Å². The SMILES string of the molecule is CNC(Cc1ccccc1Cl)c1ccc(I)c(Cl)c1. The van der Waals surface area contributed by atoms with Crippen molar-refractivity contribution in [2.75, 3.05) is 7.05 Å². The summed E-state index contributed by atoms with van der Waals surface area (Å²) < 4.78 is 1.07. The zero-order valence-corrected chi connectivity index (χ0v) is 14.1. The quantitative estimate of drug-likeness (QED) is 0.697. The van der Waals surface area contributed by atoms with Gasteiger partial charge >= 0.3 is 0 Å². The molecule has 1 atom stereocenters. The Labute approximate surface area is 137 Å². The van der Waals surface area contributed by atoms with Crippen molar-refractivity contribution < 1.29 is 0 Å². The zero-order valence-electron chi connectivity index (χ0n) is 10.5. The van der Waals surface area contributed by atoms with Crippen LogP contribution in [0.4, 0.5) is 0 Å². The molecule has 0 aliphatic rings. The van der Waals surface area contributed by atoms with Gasteiger partial charge in [0.2, 0.25) is 0 Å². The molecule has 0 bridgehead atoms. The van der Waals surface area contributed by atoms with Gasteiger partial charge < -0.3 is 5.32 Å². The number of rotatable bonds is 4. The van der Waals surface area contributed by atoms with Gasteiger partial charge in [0.05, 0.1) is 5.02 Å². The molecule has 0 aliphatic carbocycles. The van der Waals surface area contributed by atoms with Crippen LogP contribution in [-0.4, -0.2) is 7.05 Å². The topological polar surface area (TPSA) is 12.0 Å².